The van der Waals surface area contributed by atoms with Crippen molar-refractivity contribution >= 4 is 15.9 Å². The Morgan fingerprint density at radius 2 is 2.05 bits per heavy atom. The molecule has 0 unspecified atom stereocenters. The van der Waals surface area contributed by atoms with E-state index in [0.29, 0.717) is 37.7 Å². The molecule has 0 radical (unpaired) electrons. The number of nitrogens with two attached hydrogens (primary N) is 1. The minimum absolute atomic E-state index is 0.300. The van der Waals surface area contributed by atoms with E-state index in [0.717, 1.165) is 18.4 Å². The van der Waals surface area contributed by atoms with E-state index in [-0.39, 0.29) is 0 Å². The molecule has 3 N–H and O–H groups in total. The lowest BCUT2D eigenvalue weighted by Crippen LogP contribution is -2.33. The van der Waals surface area contributed by atoms with Gasteiger partial charge in [0.2, 0.25) is 0 Å². The summed E-state index contributed by atoms with van der Waals surface area (Å²) in [6.45, 7) is 3.90. The Bertz CT molecular complexity index is 554. The average Bonchev–Trinajstić information content (AvgIpc) is 2.95. The fourth-order valence-corrected chi connectivity index (χ4v) is 3.53. The van der Waals surface area contributed by atoms with Gasteiger partial charge < -0.3 is 10.5 Å². The summed E-state index contributed by atoms with van der Waals surface area (Å²) >= 11 is 0. The summed E-state index contributed by atoms with van der Waals surface area (Å²) in [4.78, 5) is 0. The molecule has 0 spiro atoms. The van der Waals surface area contributed by atoms with Crippen LogP contribution in [0.25, 0.3) is 0 Å². The predicted octanol–water partition coefficient (Wildman–Crippen LogP) is 1.30. The second kappa shape index (κ2) is 6.43. The highest BCUT2D eigenvalue weighted by Crippen LogP contribution is 2.24. The third-order valence-corrected chi connectivity index (χ3v) is 4.77. The van der Waals surface area contributed by atoms with Gasteiger partial charge in [-0.1, -0.05) is 0 Å². The van der Waals surface area contributed by atoms with E-state index in [1.807, 2.05) is 6.92 Å². The van der Waals surface area contributed by atoms with Crippen molar-refractivity contribution in [3.05, 3.63) is 23.8 Å². The summed E-state index contributed by atoms with van der Waals surface area (Å²) < 4.78 is 33.8. The molecule has 0 aromatic heterocycles. The van der Waals surface area contributed by atoms with E-state index in [2.05, 4.69) is 4.72 Å². The summed E-state index contributed by atoms with van der Waals surface area (Å²) in [6.07, 6.45) is 1.83. The Morgan fingerprint density at radius 1 is 1.35 bits per heavy atom. The largest absolute Gasteiger partial charge is 0.494 e. The summed E-state index contributed by atoms with van der Waals surface area (Å²) in [6, 6.07) is 5.16. The fourth-order valence-electron chi connectivity index (χ4n) is 2.24. The molecular formula is C13H21N3O3S. The van der Waals surface area contributed by atoms with Gasteiger partial charge in [0.25, 0.3) is 0 Å². The van der Waals surface area contributed by atoms with Crippen LogP contribution in [0.15, 0.2) is 18.2 Å². The lowest BCUT2D eigenvalue weighted by molar-refractivity contribution is 0.336. The normalized spacial score (nSPS) is 16.3. The molecule has 6 nitrogen and oxygen atoms in total. The standard InChI is InChI=1S/C13H21N3O3S/c1-2-19-13-6-5-12(9-11(13)10-14)15-20(17,18)16-7-3-4-8-16/h5-6,9,15H,2-4,7-8,10,14H2,1H3. The lowest BCUT2D eigenvalue weighted by Gasteiger charge is -2.18. The van der Waals surface area contributed by atoms with Crippen molar-refractivity contribution < 1.29 is 13.2 Å². The first-order chi connectivity index (χ1) is 9.56. The molecule has 0 aliphatic carbocycles. The number of hydrogen-bond donors (Lipinski definition) is 2. The number of ether oxygens (including phenoxy) is 1. The van der Waals surface area contributed by atoms with Crippen LogP contribution < -0.4 is 15.2 Å². The van der Waals surface area contributed by atoms with Crippen molar-refractivity contribution in [3.63, 3.8) is 0 Å². The van der Waals surface area contributed by atoms with Crippen LogP contribution in [0.2, 0.25) is 0 Å². The first-order valence-electron chi connectivity index (χ1n) is 6.80. The molecule has 112 valence electrons. The van der Waals surface area contributed by atoms with Crippen molar-refractivity contribution in [3.8, 4) is 5.75 Å². The van der Waals surface area contributed by atoms with Gasteiger partial charge in [0.05, 0.1) is 12.3 Å². The topological polar surface area (TPSA) is 84.7 Å². The molecule has 20 heavy (non-hydrogen) atoms. The molecule has 1 aliphatic rings. The summed E-state index contributed by atoms with van der Waals surface area (Å²) in [5, 5.41) is 0. The molecule has 0 saturated carbocycles. The van der Waals surface area contributed by atoms with Crippen LogP contribution in [0.4, 0.5) is 5.69 Å². The first-order valence-corrected chi connectivity index (χ1v) is 8.24. The van der Waals surface area contributed by atoms with Crippen LogP contribution in [-0.4, -0.2) is 32.4 Å². The van der Waals surface area contributed by atoms with Crippen molar-refractivity contribution in [1.29, 1.82) is 0 Å². The Morgan fingerprint density at radius 3 is 2.65 bits per heavy atom. The number of anilines is 1. The molecule has 0 bridgehead atoms. The van der Waals surface area contributed by atoms with Gasteiger partial charge in [-0.25, -0.2) is 0 Å². The van der Waals surface area contributed by atoms with Crippen LogP contribution in [0.5, 0.6) is 5.75 Å². The van der Waals surface area contributed by atoms with Gasteiger partial charge in [0.15, 0.2) is 0 Å². The van der Waals surface area contributed by atoms with Crippen molar-refractivity contribution in [2.75, 3.05) is 24.4 Å². The molecule has 7 heteroatoms. The van der Waals surface area contributed by atoms with Gasteiger partial charge in [-0.3, -0.25) is 4.72 Å². The zero-order valence-electron chi connectivity index (χ0n) is 11.6. The monoisotopic (exact) mass is 299 g/mol. The van der Waals surface area contributed by atoms with E-state index in [1.165, 1.54) is 4.31 Å². The highest BCUT2D eigenvalue weighted by molar-refractivity contribution is 7.90. The van der Waals surface area contributed by atoms with E-state index in [9.17, 15) is 8.42 Å². The Balaban J connectivity index is 2.17. The number of rotatable bonds is 6. The van der Waals surface area contributed by atoms with Crippen LogP contribution in [0.3, 0.4) is 0 Å². The van der Waals surface area contributed by atoms with Crippen LogP contribution in [0, 0.1) is 0 Å². The van der Waals surface area contributed by atoms with Gasteiger partial charge in [-0.05, 0) is 38.0 Å². The zero-order chi connectivity index (χ0) is 14.6. The molecule has 0 atom stereocenters. The number of nitrogens with one attached hydrogen (secondary N) is 1. The molecule has 1 fully saturated rings. The van der Waals surface area contributed by atoms with Gasteiger partial charge in [0.1, 0.15) is 5.75 Å². The maximum absolute atomic E-state index is 12.2. The molecule has 1 aromatic carbocycles. The smallest absolute Gasteiger partial charge is 0.301 e. The van der Waals surface area contributed by atoms with Gasteiger partial charge in [0, 0.05) is 25.2 Å². The molecule has 1 heterocycles. The molecule has 0 amide bonds. The molecular weight excluding hydrogens is 278 g/mol. The van der Waals surface area contributed by atoms with Crippen molar-refractivity contribution in [1.82, 2.24) is 4.31 Å². The van der Waals surface area contributed by atoms with E-state index >= 15 is 0 Å². The van der Waals surface area contributed by atoms with Crippen LogP contribution >= 0.6 is 0 Å². The Labute approximate surface area is 120 Å². The molecule has 2 rings (SSSR count). The molecule has 1 saturated heterocycles. The minimum Gasteiger partial charge on any atom is -0.494 e. The van der Waals surface area contributed by atoms with E-state index < -0.39 is 10.2 Å². The summed E-state index contributed by atoms with van der Waals surface area (Å²) in [5.41, 5.74) is 6.97. The second-order valence-corrected chi connectivity index (χ2v) is 6.34. The predicted molar refractivity (Wildman–Crippen MR) is 78.9 cm³/mol. The molecule has 1 aromatic rings. The Hall–Kier alpha value is -1.31. The minimum atomic E-state index is -3.46. The van der Waals surface area contributed by atoms with E-state index in [1.54, 1.807) is 18.2 Å². The number of benzene rings is 1. The number of hydrogen-bond acceptors (Lipinski definition) is 4. The summed E-state index contributed by atoms with van der Waals surface area (Å²) in [7, 11) is -3.46. The first kappa shape index (κ1) is 15.1. The Kier molecular flexibility index (Phi) is 4.85. The zero-order valence-corrected chi connectivity index (χ0v) is 12.4. The third kappa shape index (κ3) is 3.41. The van der Waals surface area contributed by atoms with Crippen molar-refractivity contribution in [2.24, 2.45) is 5.73 Å². The van der Waals surface area contributed by atoms with E-state index in [4.69, 9.17) is 10.5 Å². The quantitative estimate of drug-likeness (QED) is 0.829. The third-order valence-electron chi connectivity index (χ3n) is 3.23. The maximum atomic E-state index is 12.2. The number of nitrogens with zero attached hydrogens (tertiary/aromatic N) is 1. The van der Waals surface area contributed by atoms with Crippen LogP contribution in [-0.2, 0) is 16.8 Å². The van der Waals surface area contributed by atoms with Crippen LogP contribution in [0.1, 0.15) is 25.3 Å². The van der Waals surface area contributed by atoms with Crippen molar-refractivity contribution in [2.45, 2.75) is 26.3 Å². The highest BCUT2D eigenvalue weighted by atomic mass is 32.2. The molecule has 1 aliphatic heterocycles. The SMILES string of the molecule is CCOc1ccc(NS(=O)(=O)N2CCCC2)cc1CN. The lowest BCUT2D eigenvalue weighted by atomic mass is 10.2. The van der Waals surface area contributed by atoms with Gasteiger partial charge >= 0.3 is 10.2 Å². The highest BCUT2D eigenvalue weighted by Gasteiger charge is 2.25. The fraction of sp³-hybridized carbons (Fsp3) is 0.538. The maximum Gasteiger partial charge on any atom is 0.301 e. The van der Waals surface area contributed by atoms with Gasteiger partial charge in [-0.15, -0.1) is 0 Å². The second-order valence-electron chi connectivity index (χ2n) is 4.67. The summed E-state index contributed by atoms with van der Waals surface area (Å²) in [5.74, 6) is 0.694. The average molecular weight is 299 g/mol. The van der Waals surface area contributed by atoms with Gasteiger partial charge in [-0.2, -0.15) is 12.7 Å².